The minimum absolute atomic E-state index is 0.0261. The van der Waals surface area contributed by atoms with Gasteiger partial charge in [0, 0.05) is 28.7 Å². The predicted molar refractivity (Wildman–Crippen MR) is 77.7 cm³/mol. The topological polar surface area (TPSA) is 51.8 Å². The second-order valence-electron chi connectivity index (χ2n) is 5.22. The Hall–Kier alpha value is -0.420. The van der Waals surface area contributed by atoms with Crippen molar-refractivity contribution >= 4 is 29.3 Å². The number of aromatic nitrogens is 2. The molecule has 0 bridgehead atoms. The zero-order valence-corrected chi connectivity index (χ0v) is 12.2. The fourth-order valence-corrected chi connectivity index (χ4v) is 4.25. The molecule has 2 N–H and O–H groups in total. The molecule has 1 saturated heterocycles. The molecule has 0 saturated carbocycles. The second-order valence-corrected chi connectivity index (χ2v) is 7.68. The van der Waals surface area contributed by atoms with Gasteiger partial charge < -0.3 is 5.73 Å². The first-order valence-electron chi connectivity index (χ1n) is 5.81. The fourth-order valence-electron chi connectivity index (χ4n) is 1.65. The summed E-state index contributed by atoms with van der Waals surface area (Å²) in [5, 5.41) is 0.401. The Bertz CT molecular complexity index is 395. The number of nitrogen functional groups attached to an aromatic ring is 1. The molecule has 1 aromatic heterocycles. The normalized spacial score (nSPS) is 21.5. The highest BCUT2D eigenvalue weighted by molar-refractivity contribution is 8.06. The molecule has 1 unspecified atom stereocenters. The van der Waals surface area contributed by atoms with Crippen LogP contribution in [0.3, 0.4) is 0 Å². The standard InChI is InChI=1S/C12H19N3S2/c1-12(2,3)9-6-10(13)15-11(14-9)8-7-16-4-5-17-8/h6,8H,4-5,7H2,1-3H3,(H2,13,14,15). The first-order valence-corrected chi connectivity index (χ1v) is 8.01. The molecule has 1 fully saturated rings. The van der Waals surface area contributed by atoms with Crippen LogP contribution in [0.5, 0.6) is 0 Å². The molecule has 0 radical (unpaired) electrons. The lowest BCUT2D eigenvalue weighted by Crippen LogP contribution is -2.18. The number of rotatable bonds is 1. The van der Waals surface area contributed by atoms with E-state index in [0.29, 0.717) is 11.1 Å². The quantitative estimate of drug-likeness (QED) is 0.849. The van der Waals surface area contributed by atoms with Crippen molar-refractivity contribution < 1.29 is 0 Å². The van der Waals surface area contributed by atoms with Crippen molar-refractivity contribution in [3.8, 4) is 0 Å². The van der Waals surface area contributed by atoms with Crippen LogP contribution in [0.25, 0.3) is 0 Å². The summed E-state index contributed by atoms with van der Waals surface area (Å²) in [5.74, 6) is 5.01. The molecular weight excluding hydrogens is 250 g/mol. The van der Waals surface area contributed by atoms with Crippen LogP contribution in [-0.4, -0.2) is 27.2 Å². The highest BCUT2D eigenvalue weighted by Gasteiger charge is 2.23. The van der Waals surface area contributed by atoms with Gasteiger partial charge in [0.15, 0.2) is 0 Å². The molecule has 5 heteroatoms. The predicted octanol–water partition coefficient (Wildman–Crippen LogP) is 2.88. The third-order valence-electron chi connectivity index (χ3n) is 2.64. The Morgan fingerprint density at radius 2 is 2.06 bits per heavy atom. The monoisotopic (exact) mass is 269 g/mol. The summed E-state index contributed by atoms with van der Waals surface area (Å²) >= 11 is 3.92. The van der Waals surface area contributed by atoms with Crippen LogP contribution in [0.2, 0.25) is 0 Å². The van der Waals surface area contributed by atoms with Gasteiger partial charge in [0.1, 0.15) is 11.6 Å². The molecule has 0 spiro atoms. The molecule has 94 valence electrons. The molecule has 1 aliphatic rings. The van der Waals surface area contributed by atoms with Gasteiger partial charge in [-0.2, -0.15) is 11.8 Å². The lowest BCUT2D eigenvalue weighted by Gasteiger charge is -2.23. The van der Waals surface area contributed by atoms with E-state index in [0.717, 1.165) is 17.3 Å². The van der Waals surface area contributed by atoms with Crippen molar-refractivity contribution in [3.05, 3.63) is 17.6 Å². The van der Waals surface area contributed by atoms with E-state index in [9.17, 15) is 0 Å². The number of thioether (sulfide) groups is 2. The van der Waals surface area contributed by atoms with Gasteiger partial charge in [-0.3, -0.25) is 0 Å². The summed E-state index contributed by atoms with van der Waals surface area (Å²) in [4.78, 5) is 9.11. The number of nitrogens with zero attached hydrogens (tertiary/aromatic N) is 2. The lowest BCUT2D eigenvalue weighted by molar-refractivity contribution is 0.563. The summed E-state index contributed by atoms with van der Waals surface area (Å²) in [6, 6.07) is 1.89. The van der Waals surface area contributed by atoms with Gasteiger partial charge in [-0.15, -0.1) is 11.8 Å². The number of nitrogens with two attached hydrogens (primary N) is 1. The number of hydrogen-bond acceptors (Lipinski definition) is 5. The van der Waals surface area contributed by atoms with Gasteiger partial charge in [-0.25, -0.2) is 9.97 Å². The Kier molecular flexibility index (Phi) is 3.88. The van der Waals surface area contributed by atoms with Gasteiger partial charge in [0.25, 0.3) is 0 Å². The molecule has 1 aromatic rings. The van der Waals surface area contributed by atoms with Crippen molar-refractivity contribution in [1.82, 2.24) is 9.97 Å². The van der Waals surface area contributed by atoms with Gasteiger partial charge in [0.2, 0.25) is 0 Å². The van der Waals surface area contributed by atoms with E-state index in [1.54, 1.807) is 0 Å². The van der Waals surface area contributed by atoms with E-state index in [2.05, 4.69) is 25.8 Å². The minimum Gasteiger partial charge on any atom is -0.384 e. The Balaban J connectivity index is 2.31. The van der Waals surface area contributed by atoms with Crippen LogP contribution in [0, 0.1) is 0 Å². The van der Waals surface area contributed by atoms with Gasteiger partial charge >= 0.3 is 0 Å². The van der Waals surface area contributed by atoms with Crippen molar-refractivity contribution in [2.75, 3.05) is 23.0 Å². The average molecular weight is 269 g/mol. The number of anilines is 1. The molecule has 3 nitrogen and oxygen atoms in total. The minimum atomic E-state index is 0.0261. The maximum atomic E-state index is 5.90. The van der Waals surface area contributed by atoms with Crippen LogP contribution < -0.4 is 5.73 Å². The average Bonchev–Trinajstić information content (AvgIpc) is 2.28. The summed E-state index contributed by atoms with van der Waals surface area (Å²) in [6.07, 6.45) is 0. The Morgan fingerprint density at radius 1 is 1.29 bits per heavy atom. The van der Waals surface area contributed by atoms with Gasteiger partial charge in [-0.05, 0) is 0 Å². The molecule has 0 aromatic carbocycles. The molecule has 2 rings (SSSR count). The van der Waals surface area contributed by atoms with E-state index in [1.807, 2.05) is 29.6 Å². The molecule has 1 atom stereocenters. The van der Waals surface area contributed by atoms with Crippen LogP contribution in [0.4, 0.5) is 5.82 Å². The molecular formula is C12H19N3S2. The van der Waals surface area contributed by atoms with E-state index in [1.165, 1.54) is 11.5 Å². The van der Waals surface area contributed by atoms with Crippen molar-refractivity contribution in [2.24, 2.45) is 0 Å². The third kappa shape index (κ3) is 3.28. The van der Waals surface area contributed by atoms with E-state index >= 15 is 0 Å². The summed E-state index contributed by atoms with van der Waals surface area (Å²) < 4.78 is 0. The maximum Gasteiger partial charge on any atom is 0.144 e. The van der Waals surface area contributed by atoms with Gasteiger partial charge in [0.05, 0.1) is 10.9 Å². The SMILES string of the molecule is CC(C)(C)c1cc(N)nc(C2CSCCS2)n1. The highest BCUT2D eigenvalue weighted by Crippen LogP contribution is 2.36. The molecule has 1 aliphatic heterocycles. The second kappa shape index (κ2) is 5.06. The first kappa shape index (κ1) is 13.0. The number of hydrogen-bond donors (Lipinski definition) is 1. The lowest BCUT2D eigenvalue weighted by atomic mass is 9.92. The maximum absolute atomic E-state index is 5.90. The Labute approximate surface area is 111 Å². The zero-order valence-electron chi connectivity index (χ0n) is 10.6. The van der Waals surface area contributed by atoms with Crippen LogP contribution >= 0.6 is 23.5 Å². The van der Waals surface area contributed by atoms with Gasteiger partial charge in [-0.1, -0.05) is 20.8 Å². The van der Waals surface area contributed by atoms with E-state index < -0.39 is 0 Å². The van der Waals surface area contributed by atoms with Crippen molar-refractivity contribution in [3.63, 3.8) is 0 Å². The molecule has 0 amide bonds. The summed E-state index contributed by atoms with van der Waals surface area (Å²) in [7, 11) is 0. The van der Waals surface area contributed by atoms with Crippen molar-refractivity contribution in [2.45, 2.75) is 31.4 Å². The third-order valence-corrected chi connectivity index (χ3v) is 5.39. The summed E-state index contributed by atoms with van der Waals surface area (Å²) in [6.45, 7) is 6.46. The largest absolute Gasteiger partial charge is 0.384 e. The molecule has 2 heterocycles. The molecule has 0 aliphatic carbocycles. The molecule has 17 heavy (non-hydrogen) atoms. The van der Waals surface area contributed by atoms with Crippen LogP contribution in [0.15, 0.2) is 6.07 Å². The Morgan fingerprint density at radius 3 is 2.65 bits per heavy atom. The summed E-state index contributed by atoms with van der Waals surface area (Å²) in [5.41, 5.74) is 6.96. The van der Waals surface area contributed by atoms with E-state index in [4.69, 9.17) is 10.7 Å². The smallest absolute Gasteiger partial charge is 0.144 e. The van der Waals surface area contributed by atoms with E-state index in [-0.39, 0.29) is 5.41 Å². The van der Waals surface area contributed by atoms with Crippen LogP contribution in [-0.2, 0) is 5.41 Å². The van der Waals surface area contributed by atoms with Crippen molar-refractivity contribution in [1.29, 1.82) is 0 Å². The first-order chi connectivity index (χ1) is 7.97. The zero-order chi connectivity index (χ0) is 12.5. The highest BCUT2D eigenvalue weighted by atomic mass is 32.2. The fraction of sp³-hybridized carbons (Fsp3) is 0.667. The van der Waals surface area contributed by atoms with Crippen LogP contribution in [0.1, 0.15) is 37.5 Å².